The Morgan fingerprint density at radius 3 is 2.32 bits per heavy atom. The number of para-hydroxylation sites is 1. The fraction of sp³-hybridized carbons (Fsp3) is 0.429. The summed E-state index contributed by atoms with van der Waals surface area (Å²) >= 11 is 0. The minimum atomic E-state index is -0.612. The molecule has 28 heavy (non-hydrogen) atoms. The third-order valence-corrected chi connectivity index (χ3v) is 6.94. The van der Waals surface area contributed by atoms with Crippen LogP contribution in [0.3, 0.4) is 0 Å². The van der Waals surface area contributed by atoms with E-state index < -0.39 is 29.6 Å². The third kappa shape index (κ3) is 2.16. The molecule has 0 radical (unpaired) electrons. The molecule has 6 atom stereocenters. The molecule has 1 aromatic rings. The fourth-order valence-corrected chi connectivity index (χ4v) is 5.69. The Hall–Kier alpha value is -2.96. The normalized spacial score (nSPS) is 36.2. The molecule has 2 saturated heterocycles. The Balaban J connectivity index is 1.69. The number of aromatic hydroxyl groups is 1. The van der Waals surface area contributed by atoms with Crippen LogP contribution in [0.4, 0.5) is 0 Å². The Bertz CT molecular complexity index is 981. The SMILES string of the molecule is Cc1cccc(C2C3=CCC4C(=O)NC(=O)C4C3CC3C(=O)NC(=O)C32)c1O. The molecule has 144 valence electrons. The number of aryl methyl sites for hydroxylation is 1. The first-order valence-corrected chi connectivity index (χ1v) is 9.56. The van der Waals surface area contributed by atoms with Gasteiger partial charge in [0, 0.05) is 11.5 Å². The molecular formula is C21H20N2O5. The number of rotatable bonds is 1. The molecule has 1 saturated carbocycles. The highest BCUT2D eigenvalue weighted by Gasteiger charge is 2.59. The number of allylic oxidation sites excluding steroid dienone is 2. The molecule has 3 fully saturated rings. The molecule has 7 heteroatoms. The summed E-state index contributed by atoms with van der Waals surface area (Å²) in [5.74, 6) is -4.05. The van der Waals surface area contributed by atoms with Crippen molar-refractivity contribution >= 4 is 23.6 Å². The van der Waals surface area contributed by atoms with Gasteiger partial charge < -0.3 is 5.11 Å². The molecule has 1 aromatic carbocycles. The number of benzene rings is 1. The van der Waals surface area contributed by atoms with Crippen LogP contribution in [0.2, 0.25) is 0 Å². The Kier molecular flexibility index (Phi) is 3.53. The first-order chi connectivity index (χ1) is 13.4. The van der Waals surface area contributed by atoms with E-state index >= 15 is 0 Å². The lowest BCUT2D eigenvalue weighted by Gasteiger charge is -2.44. The minimum absolute atomic E-state index is 0.106. The van der Waals surface area contributed by atoms with E-state index in [0.717, 1.165) is 5.57 Å². The summed E-state index contributed by atoms with van der Waals surface area (Å²) in [4.78, 5) is 49.8. The number of nitrogens with one attached hydrogen (secondary N) is 2. The smallest absolute Gasteiger partial charge is 0.231 e. The molecule has 4 aliphatic rings. The van der Waals surface area contributed by atoms with Gasteiger partial charge in [0.05, 0.1) is 23.7 Å². The standard InChI is InChI=1S/C21H20N2O5/c1-8-3-2-4-10(17(8)24)14-9-5-6-11-15(20(27)22-18(11)25)12(9)7-13-16(14)21(28)23-19(13)26/h2-5,11-16,24H,6-7H2,1H3,(H,22,25,27)(H,23,26,28). The molecule has 2 heterocycles. The number of hydrogen-bond acceptors (Lipinski definition) is 5. The van der Waals surface area contributed by atoms with Gasteiger partial charge in [-0.05, 0) is 31.2 Å². The maximum absolute atomic E-state index is 12.6. The number of carbonyl (C=O) groups excluding carboxylic acids is 4. The Labute approximate surface area is 161 Å². The summed E-state index contributed by atoms with van der Waals surface area (Å²) in [5, 5.41) is 15.6. The number of fused-ring (bicyclic) bond motifs is 4. The Morgan fingerprint density at radius 1 is 0.893 bits per heavy atom. The number of phenols is 1. The lowest BCUT2D eigenvalue weighted by molar-refractivity contribution is -0.128. The highest BCUT2D eigenvalue weighted by atomic mass is 16.3. The quantitative estimate of drug-likeness (QED) is 0.495. The summed E-state index contributed by atoms with van der Waals surface area (Å²) in [7, 11) is 0. The zero-order chi connectivity index (χ0) is 19.7. The number of hydrogen-bond donors (Lipinski definition) is 3. The van der Waals surface area contributed by atoms with E-state index in [4.69, 9.17) is 0 Å². The van der Waals surface area contributed by atoms with E-state index in [1.54, 1.807) is 19.1 Å². The van der Waals surface area contributed by atoms with Gasteiger partial charge in [0.15, 0.2) is 0 Å². The predicted molar refractivity (Wildman–Crippen MR) is 96.7 cm³/mol. The first-order valence-electron chi connectivity index (χ1n) is 9.56. The van der Waals surface area contributed by atoms with Crippen molar-refractivity contribution in [2.45, 2.75) is 25.7 Å². The van der Waals surface area contributed by atoms with Crippen LogP contribution in [0.25, 0.3) is 0 Å². The molecule has 3 N–H and O–H groups in total. The van der Waals surface area contributed by atoms with Gasteiger partial charge in [-0.2, -0.15) is 0 Å². The van der Waals surface area contributed by atoms with Crippen LogP contribution in [0.5, 0.6) is 5.75 Å². The van der Waals surface area contributed by atoms with Gasteiger partial charge in [-0.3, -0.25) is 29.8 Å². The average molecular weight is 380 g/mol. The van der Waals surface area contributed by atoms with Gasteiger partial charge in [0.25, 0.3) is 0 Å². The summed E-state index contributed by atoms with van der Waals surface area (Å²) in [6, 6.07) is 5.37. The number of phenolic OH excluding ortho intramolecular Hbond substituents is 1. The number of amides is 4. The van der Waals surface area contributed by atoms with Crippen molar-refractivity contribution in [1.82, 2.24) is 10.6 Å². The molecule has 0 spiro atoms. The molecule has 6 unspecified atom stereocenters. The van der Waals surface area contributed by atoms with Crippen LogP contribution in [0.1, 0.15) is 29.9 Å². The van der Waals surface area contributed by atoms with Crippen molar-refractivity contribution in [3.63, 3.8) is 0 Å². The van der Waals surface area contributed by atoms with Gasteiger partial charge in [-0.1, -0.05) is 29.8 Å². The van der Waals surface area contributed by atoms with E-state index in [2.05, 4.69) is 10.6 Å². The molecule has 5 rings (SSSR count). The highest BCUT2D eigenvalue weighted by molar-refractivity contribution is 6.07. The van der Waals surface area contributed by atoms with Crippen LogP contribution < -0.4 is 10.6 Å². The lowest BCUT2D eigenvalue weighted by Crippen LogP contribution is -2.42. The summed E-state index contributed by atoms with van der Waals surface area (Å²) in [6.07, 6.45) is 2.73. The number of carbonyl (C=O) groups is 4. The summed E-state index contributed by atoms with van der Waals surface area (Å²) in [6.45, 7) is 1.78. The van der Waals surface area contributed by atoms with Crippen LogP contribution in [-0.2, 0) is 19.2 Å². The number of imide groups is 2. The minimum Gasteiger partial charge on any atom is -0.507 e. The summed E-state index contributed by atoms with van der Waals surface area (Å²) < 4.78 is 0. The van der Waals surface area contributed by atoms with Crippen LogP contribution in [-0.4, -0.2) is 28.7 Å². The van der Waals surface area contributed by atoms with Crippen LogP contribution in [0.15, 0.2) is 29.8 Å². The van der Waals surface area contributed by atoms with Crippen LogP contribution in [0, 0.1) is 36.5 Å². The first kappa shape index (κ1) is 17.2. The predicted octanol–water partition coefficient (Wildman–Crippen LogP) is 0.912. The maximum Gasteiger partial charge on any atom is 0.231 e. The largest absolute Gasteiger partial charge is 0.507 e. The molecule has 0 bridgehead atoms. The van der Waals surface area contributed by atoms with Gasteiger partial charge in [-0.25, -0.2) is 0 Å². The lowest BCUT2D eigenvalue weighted by atomic mass is 9.57. The van der Waals surface area contributed by atoms with Gasteiger partial charge >= 0.3 is 0 Å². The summed E-state index contributed by atoms with van der Waals surface area (Å²) in [5.41, 5.74) is 2.17. The van der Waals surface area contributed by atoms with E-state index in [1.807, 2.05) is 12.1 Å². The van der Waals surface area contributed by atoms with E-state index in [-0.39, 0.29) is 35.3 Å². The molecule has 7 nitrogen and oxygen atoms in total. The van der Waals surface area contributed by atoms with Gasteiger partial charge in [0.1, 0.15) is 5.75 Å². The topological polar surface area (TPSA) is 113 Å². The van der Waals surface area contributed by atoms with Crippen molar-refractivity contribution in [2.75, 3.05) is 0 Å². The maximum atomic E-state index is 12.6. The van der Waals surface area contributed by atoms with E-state index in [9.17, 15) is 24.3 Å². The Morgan fingerprint density at radius 2 is 1.57 bits per heavy atom. The second kappa shape index (κ2) is 5.77. The van der Waals surface area contributed by atoms with Crippen molar-refractivity contribution in [1.29, 1.82) is 0 Å². The second-order valence-electron chi connectivity index (χ2n) is 8.24. The second-order valence-corrected chi connectivity index (χ2v) is 8.24. The monoisotopic (exact) mass is 380 g/mol. The van der Waals surface area contributed by atoms with E-state index in [0.29, 0.717) is 24.0 Å². The molecular weight excluding hydrogens is 360 g/mol. The van der Waals surface area contributed by atoms with Crippen molar-refractivity contribution in [3.8, 4) is 5.75 Å². The zero-order valence-electron chi connectivity index (χ0n) is 15.3. The zero-order valence-corrected chi connectivity index (χ0v) is 15.3. The molecule has 2 aliphatic carbocycles. The van der Waals surface area contributed by atoms with Crippen LogP contribution >= 0.6 is 0 Å². The van der Waals surface area contributed by atoms with Crippen molar-refractivity contribution in [3.05, 3.63) is 41.0 Å². The van der Waals surface area contributed by atoms with Gasteiger partial charge in [-0.15, -0.1) is 0 Å². The highest BCUT2D eigenvalue weighted by Crippen LogP contribution is 2.57. The molecule has 4 amide bonds. The van der Waals surface area contributed by atoms with Gasteiger partial charge in [0.2, 0.25) is 23.6 Å². The molecule has 2 aliphatic heterocycles. The van der Waals surface area contributed by atoms with Crippen molar-refractivity contribution in [2.24, 2.45) is 29.6 Å². The van der Waals surface area contributed by atoms with E-state index in [1.165, 1.54) is 0 Å². The molecule has 0 aromatic heterocycles. The third-order valence-electron chi connectivity index (χ3n) is 6.94. The fourth-order valence-electron chi connectivity index (χ4n) is 5.69. The van der Waals surface area contributed by atoms with Crippen molar-refractivity contribution < 1.29 is 24.3 Å². The average Bonchev–Trinajstić information content (AvgIpc) is 3.11.